The molecule has 5 heteroatoms. The molecule has 23 heavy (non-hydrogen) atoms. The zero-order valence-corrected chi connectivity index (χ0v) is 14.7. The number of hydrogen-bond acceptors (Lipinski definition) is 4. The largest absolute Gasteiger partial charge is 0.480 e. The van der Waals surface area contributed by atoms with Crippen LogP contribution in [0.3, 0.4) is 0 Å². The first-order valence-corrected chi connectivity index (χ1v) is 8.31. The predicted octanol–water partition coefficient (Wildman–Crippen LogP) is 1.57. The van der Waals surface area contributed by atoms with Gasteiger partial charge in [0, 0.05) is 38.8 Å². The second kappa shape index (κ2) is 7.90. The summed E-state index contributed by atoms with van der Waals surface area (Å²) in [7, 11) is 1.92. The number of carbonyl (C=O) groups is 1. The standard InChI is InChI=1S/C18H29N3O2/c1-13-9-14(2)18(15(3)10-13)16(20(4)12-17(22)23)11-21-7-5-19-6-8-21/h9-10,16,19H,5-8,11-12H2,1-4H3,(H,22,23). The maximum absolute atomic E-state index is 11.2. The van der Waals surface area contributed by atoms with Crippen molar-refractivity contribution >= 4 is 5.97 Å². The molecule has 1 heterocycles. The van der Waals surface area contributed by atoms with Crippen LogP contribution in [0.2, 0.25) is 0 Å². The average Bonchev–Trinajstić information content (AvgIpc) is 2.45. The van der Waals surface area contributed by atoms with Crippen molar-refractivity contribution in [2.24, 2.45) is 0 Å². The Kier molecular flexibility index (Phi) is 6.16. The van der Waals surface area contributed by atoms with Crippen LogP contribution in [0.4, 0.5) is 0 Å². The monoisotopic (exact) mass is 319 g/mol. The Morgan fingerprint density at radius 1 is 1.26 bits per heavy atom. The highest BCUT2D eigenvalue weighted by Crippen LogP contribution is 2.28. The molecule has 0 aromatic heterocycles. The molecule has 1 aromatic rings. The molecular formula is C18H29N3O2. The summed E-state index contributed by atoms with van der Waals surface area (Å²) in [6, 6.07) is 4.49. The highest BCUT2D eigenvalue weighted by atomic mass is 16.4. The fourth-order valence-electron chi connectivity index (χ4n) is 3.63. The second-order valence-corrected chi connectivity index (χ2v) is 6.69. The van der Waals surface area contributed by atoms with E-state index >= 15 is 0 Å². The topological polar surface area (TPSA) is 55.8 Å². The fourth-order valence-corrected chi connectivity index (χ4v) is 3.63. The number of hydrogen-bond donors (Lipinski definition) is 2. The van der Waals surface area contributed by atoms with E-state index in [0.29, 0.717) is 0 Å². The molecule has 0 bridgehead atoms. The predicted molar refractivity (Wildman–Crippen MR) is 93.0 cm³/mol. The molecule has 128 valence electrons. The van der Waals surface area contributed by atoms with E-state index in [1.807, 2.05) is 11.9 Å². The van der Waals surface area contributed by atoms with Gasteiger partial charge in [-0.25, -0.2) is 0 Å². The van der Waals surface area contributed by atoms with Crippen LogP contribution in [-0.2, 0) is 4.79 Å². The molecule has 2 N–H and O–H groups in total. The van der Waals surface area contributed by atoms with E-state index < -0.39 is 5.97 Å². The zero-order chi connectivity index (χ0) is 17.0. The molecule has 1 aliphatic rings. The third kappa shape index (κ3) is 4.77. The molecule has 1 unspecified atom stereocenters. The molecule has 1 saturated heterocycles. The Balaban J connectivity index is 2.30. The van der Waals surface area contributed by atoms with Gasteiger partial charge in [-0.15, -0.1) is 0 Å². The molecular weight excluding hydrogens is 290 g/mol. The van der Waals surface area contributed by atoms with Gasteiger partial charge in [-0.05, 0) is 44.5 Å². The average molecular weight is 319 g/mol. The quantitative estimate of drug-likeness (QED) is 0.834. The minimum atomic E-state index is -0.778. The number of carboxylic acids is 1. The van der Waals surface area contributed by atoms with Gasteiger partial charge in [0.1, 0.15) is 0 Å². The Bertz CT molecular complexity index is 530. The molecule has 0 spiro atoms. The van der Waals surface area contributed by atoms with Crippen LogP contribution in [0.15, 0.2) is 12.1 Å². The second-order valence-electron chi connectivity index (χ2n) is 6.69. The molecule has 1 atom stereocenters. The summed E-state index contributed by atoms with van der Waals surface area (Å²) in [6.07, 6.45) is 0. The molecule has 2 rings (SSSR count). The van der Waals surface area contributed by atoms with Crippen molar-refractivity contribution < 1.29 is 9.90 Å². The van der Waals surface area contributed by atoms with Crippen LogP contribution in [-0.4, -0.2) is 67.2 Å². The molecule has 1 aliphatic heterocycles. The number of aliphatic carboxylic acids is 1. The Morgan fingerprint density at radius 3 is 2.35 bits per heavy atom. The molecule has 0 amide bonds. The molecule has 1 fully saturated rings. The number of nitrogens with one attached hydrogen (secondary N) is 1. The Hall–Kier alpha value is -1.43. The van der Waals surface area contributed by atoms with Crippen LogP contribution in [0.25, 0.3) is 0 Å². The third-order valence-corrected chi connectivity index (χ3v) is 4.63. The van der Waals surface area contributed by atoms with Gasteiger partial charge in [-0.1, -0.05) is 17.7 Å². The number of carboxylic acid groups (broad SMARTS) is 1. The van der Waals surface area contributed by atoms with Gasteiger partial charge >= 0.3 is 5.97 Å². The lowest BCUT2D eigenvalue weighted by molar-refractivity contribution is -0.138. The SMILES string of the molecule is Cc1cc(C)c(C(CN2CCNCC2)N(C)CC(=O)O)c(C)c1. The number of benzene rings is 1. The number of piperazine rings is 1. The van der Waals surface area contributed by atoms with Gasteiger partial charge in [0.25, 0.3) is 0 Å². The van der Waals surface area contributed by atoms with Crippen LogP contribution in [0, 0.1) is 20.8 Å². The van der Waals surface area contributed by atoms with E-state index in [1.165, 1.54) is 22.3 Å². The number of nitrogens with zero attached hydrogens (tertiary/aromatic N) is 2. The number of aryl methyl sites for hydroxylation is 3. The summed E-state index contributed by atoms with van der Waals surface area (Å²) in [4.78, 5) is 15.6. The lowest BCUT2D eigenvalue weighted by Crippen LogP contribution is -2.47. The van der Waals surface area contributed by atoms with Gasteiger partial charge in [-0.3, -0.25) is 14.6 Å². The minimum absolute atomic E-state index is 0.0590. The molecule has 0 aliphatic carbocycles. The van der Waals surface area contributed by atoms with Crippen LogP contribution >= 0.6 is 0 Å². The van der Waals surface area contributed by atoms with E-state index in [1.54, 1.807) is 0 Å². The van der Waals surface area contributed by atoms with Crippen LogP contribution in [0.1, 0.15) is 28.3 Å². The smallest absolute Gasteiger partial charge is 0.317 e. The molecule has 5 nitrogen and oxygen atoms in total. The lowest BCUT2D eigenvalue weighted by Gasteiger charge is -2.36. The highest BCUT2D eigenvalue weighted by molar-refractivity contribution is 5.69. The fraction of sp³-hybridized carbons (Fsp3) is 0.611. The van der Waals surface area contributed by atoms with Crippen molar-refractivity contribution in [3.05, 3.63) is 34.4 Å². The van der Waals surface area contributed by atoms with E-state index in [-0.39, 0.29) is 12.6 Å². The van der Waals surface area contributed by atoms with Gasteiger partial charge in [0.15, 0.2) is 0 Å². The maximum Gasteiger partial charge on any atom is 0.317 e. The zero-order valence-electron chi connectivity index (χ0n) is 14.7. The Labute approximate surface area is 139 Å². The highest BCUT2D eigenvalue weighted by Gasteiger charge is 2.25. The molecule has 0 saturated carbocycles. The van der Waals surface area contributed by atoms with Crippen molar-refractivity contribution in [1.29, 1.82) is 0 Å². The maximum atomic E-state index is 11.2. The summed E-state index contributed by atoms with van der Waals surface area (Å²) in [5.41, 5.74) is 5.03. The Morgan fingerprint density at radius 2 is 1.83 bits per heavy atom. The van der Waals surface area contributed by atoms with Gasteiger partial charge < -0.3 is 10.4 Å². The summed E-state index contributed by atoms with van der Waals surface area (Å²) >= 11 is 0. The van der Waals surface area contributed by atoms with Crippen molar-refractivity contribution in [1.82, 2.24) is 15.1 Å². The summed E-state index contributed by atoms with van der Waals surface area (Å²) in [5, 5.41) is 12.6. The molecule has 1 aromatic carbocycles. The normalized spacial score (nSPS) is 17.4. The van der Waals surface area contributed by atoms with E-state index in [2.05, 4.69) is 43.1 Å². The van der Waals surface area contributed by atoms with Gasteiger partial charge in [0.2, 0.25) is 0 Å². The first kappa shape index (κ1) is 17.9. The minimum Gasteiger partial charge on any atom is -0.480 e. The van der Waals surface area contributed by atoms with Crippen molar-refractivity contribution in [3.63, 3.8) is 0 Å². The first-order valence-electron chi connectivity index (χ1n) is 8.31. The van der Waals surface area contributed by atoms with Gasteiger partial charge in [-0.2, -0.15) is 0 Å². The summed E-state index contributed by atoms with van der Waals surface area (Å²) < 4.78 is 0. The van der Waals surface area contributed by atoms with Crippen molar-refractivity contribution in [3.8, 4) is 0 Å². The van der Waals surface area contributed by atoms with Gasteiger partial charge in [0.05, 0.1) is 6.54 Å². The van der Waals surface area contributed by atoms with Crippen LogP contribution < -0.4 is 5.32 Å². The summed E-state index contributed by atoms with van der Waals surface area (Å²) in [5.74, 6) is -0.778. The van der Waals surface area contributed by atoms with Crippen LogP contribution in [0.5, 0.6) is 0 Å². The van der Waals surface area contributed by atoms with E-state index in [0.717, 1.165) is 32.7 Å². The van der Waals surface area contributed by atoms with E-state index in [9.17, 15) is 9.90 Å². The number of likely N-dealkylation sites (N-methyl/N-ethyl adjacent to an activating group) is 1. The summed E-state index contributed by atoms with van der Waals surface area (Å²) in [6.45, 7) is 11.3. The lowest BCUT2D eigenvalue weighted by atomic mass is 9.92. The van der Waals surface area contributed by atoms with E-state index in [4.69, 9.17) is 0 Å². The van der Waals surface area contributed by atoms with Crippen molar-refractivity contribution in [2.75, 3.05) is 46.3 Å². The molecule has 0 radical (unpaired) electrons. The first-order chi connectivity index (χ1) is 10.9. The third-order valence-electron chi connectivity index (χ3n) is 4.63. The number of rotatable bonds is 6. The van der Waals surface area contributed by atoms with Crippen molar-refractivity contribution in [2.45, 2.75) is 26.8 Å².